The molecule has 0 saturated carbocycles. The molecule has 2 saturated heterocycles. The third kappa shape index (κ3) is 3.32. The van der Waals surface area contributed by atoms with E-state index in [1.165, 1.54) is 5.56 Å². The van der Waals surface area contributed by atoms with Gasteiger partial charge in [0.15, 0.2) is 5.11 Å². The number of nitrogens with zero attached hydrogens (tertiary/aromatic N) is 6. The van der Waals surface area contributed by atoms with E-state index in [0.717, 1.165) is 62.7 Å². The molecule has 0 atom stereocenters. The van der Waals surface area contributed by atoms with Crippen LogP contribution in [-0.2, 0) is 6.42 Å². The summed E-state index contributed by atoms with van der Waals surface area (Å²) in [7, 11) is 0. The monoisotopic (exact) mass is 403 g/mol. The van der Waals surface area contributed by atoms with Gasteiger partial charge in [-0.3, -0.25) is 10.4 Å². The highest BCUT2D eigenvalue weighted by molar-refractivity contribution is 7.80. The number of likely N-dealkylation sites (tertiary alicyclic amines) is 1. The summed E-state index contributed by atoms with van der Waals surface area (Å²) in [4.78, 5) is 13.3. The van der Waals surface area contributed by atoms with Crippen LogP contribution >= 0.6 is 12.2 Å². The first-order valence-electron chi connectivity index (χ1n) is 9.83. The average Bonchev–Trinajstić information content (AvgIpc) is 2.70. The Labute approximate surface area is 175 Å². The Morgan fingerprint density at radius 1 is 1.17 bits per heavy atom. The zero-order valence-electron chi connectivity index (χ0n) is 16.0. The van der Waals surface area contributed by atoms with E-state index < -0.39 is 0 Å². The van der Waals surface area contributed by atoms with E-state index in [9.17, 15) is 0 Å². The Bertz CT molecular complexity index is 1010. The number of hydrogen-bond acceptors (Lipinski definition) is 6. The molecule has 2 aliphatic heterocycles. The number of rotatable bonds is 2. The molecule has 1 N–H and O–H groups in total. The molecular formula is C21H21N7S. The minimum atomic E-state index is 0.285. The lowest BCUT2D eigenvalue weighted by Crippen LogP contribution is -2.73. The fraction of sp³-hybridized carbons (Fsp3) is 0.381. The van der Waals surface area contributed by atoms with Gasteiger partial charge in [0.05, 0.1) is 17.0 Å². The minimum absolute atomic E-state index is 0.285. The summed E-state index contributed by atoms with van der Waals surface area (Å²) in [6, 6.07) is 9.94. The van der Waals surface area contributed by atoms with Gasteiger partial charge in [0.25, 0.3) is 0 Å². The SMILES string of the molecule is N#Cc1ccc(N2CC3(CN(C(=S)N/N=C4\CCCc5cccnc54)C3)C2)nc1. The maximum atomic E-state index is 8.89. The zero-order chi connectivity index (χ0) is 19.8. The molecule has 2 fully saturated rings. The van der Waals surface area contributed by atoms with Crippen molar-refractivity contribution in [2.45, 2.75) is 19.3 Å². The molecule has 0 aromatic carbocycles. The standard InChI is InChI=1S/C21H21N7S/c22-9-15-6-7-18(24-10-15)27-11-21(12-27)13-28(14-21)20(29)26-25-17-5-1-3-16-4-2-8-23-19(16)17/h2,4,6-8,10H,1,3,5,11-14H2,(H,26,29)/b25-17+. The van der Waals surface area contributed by atoms with Crippen molar-refractivity contribution in [1.29, 1.82) is 5.26 Å². The molecule has 5 rings (SSSR count). The second kappa shape index (κ2) is 7.08. The van der Waals surface area contributed by atoms with Gasteiger partial charge >= 0.3 is 0 Å². The molecule has 3 aliphatic rings. The van der Waals surface area contributed by atoms with E-state index in [4.69, 9.17) is 17.5 Å². The summed E-state index contributed by atoms with van der Waals surface area (Å²) >= 11 is 5.55. The first kappa shape index (κ1) is 18.0. The fourth-order valence-electron chi connectivity index (χ4n) is 4.43. The molecule has 0 bridgehead atoms. The third-order valence-corrected chi connectivity index (χ3v) is 6.25. The zero-order valence-corrected chi connectivity index (χ0v) is 16.8. The Hall–Kier alpha value is -3.05. The predicted octanol–water partition coefficient (Wildman–Crippen LogP) is 2.09. The molecule has 1 spiro atoms. The lowest BCUT2D eigenvalue weighted by atomic mass is 9.73. The van der Waals surface area contributed by atoms with E-state index in [-0.39, 0.29) is 5.41 Å². The van der Waals surface area contributed by atoms with E-state index in [2.05, 4.69) is 42.4 Å². The highest BCUT2D eigenvalue weighted by Gasteiger charge is 2.52. The molecule has 4 heterocycles. The largest absolute Gasteiger partial charge is 0.355 e. The fourth-order valence-corrected chi connectivity index (χ4v) is 4.61. The summed E-state index contributed by atoms with van der Waals surface area (Å²) in [5, 5.41) is 14.1. The molecule has 29 heavy (non-hydrogen) atoms. The van der Waals surface area contributed by atoms with Gasteiger partial charge in [-0.15, -0.1) is 0 Å². The van der Waals surface area contributed by atoms with E-state index in [1.807, 2.05) is 24.4 Å². The van der Waals surface area contributed by atoms with Gasteiger partial charge in [0, 0.05) is 44.0 Å². The van der Waals surface area contributed by atoms with Crippen molar-refractivity contribution in [2.24, 2.45) is 10.5 Å². The molecule has 0 unspecified atom stereocenters. The first-order chi connectivity index (χ1) is 14.2. The lowest BCUT2D eigenvalue weighted by Gasteiger charge is -2.60. The highest BCUT2D eigenvalue weighted by Crippen LogP contribution is 2.41. The summed E-state index contributed by atoms with van der Waals surface area (Å²) in [5.41, 5.74) is 7.21. The predicted molar refractivity (Wildman–Crippen MR) is 115 cm³/mol. The number of fused-ring (bicyclic) bond motifs is 1. The van der Waals surface area contributed by atoms with Gasteiger partial charge in [-0.1, -0.05) is 6.07 Å². The van der Waals surface area contributed by atoms with E-state index >= 15 is 0 Å². The van der Waals surface area contributed by atoms with Gasteiger partial charge in [-0.25, -0.2) is 4.98 Å². The van der Waals surface area contributed by atoms with Crippen molar-refractivity contribution in [2.75, 3.05) is 31.1 Å². The minimum Gasteiger partial charge on any atom is -0.355 e. The van der Waals surface area contributed by atoms with Crippen LogP contribution in [0.15, 0.2) is 41.8 Å². The summed E-state index contributed by atoms with van der Waals surface area (Å²) in [6.45, 7) is 3.81. The van der Waals surface area contributed by atoms with E-state index in [1.54, 1.807) is 6.20 Å². The first-order valence-corrected chi connectivity index (χ1v) is 10.2. The van der Waals surface area contributed by atoms with Crippen molar-refractivity contribution in [1.82, 2.24) is 20.3 Å². The van der Waals surface area contributed by atoms with E-state index in [0.29, 0.717) is 10.7 Å². The second-order valence-corrected chi connectivity index (χ2v) is 8.46. The number of thiocarbonyl (C=S) groups is 1. The molecule has 2 aromatic heterocycles. The van der Waals surface area contributed by atoms with Crippen LogP contribution in [0.4, 0.5) is 5.82 Å². The number of aryl methyl sites for hydroxylation is 1. The van der Waals surface area contributed by atoms with Crippen LogP contribution in [0.1, 0.15) is 29.7 Å². The highest BCUT2D eigenvalue weighted by atomic mass is 32.1. The molecule has 0 radical (unpaired) electrons. The van der Waals surface area contributed by atoms with Crippen LogP contribution in [0, 0.1) is 16.7 Å². The third-order valence-electron chi connectivity index (χ3n) is 5.90. The average molecular weight is 404 g/mol. The Balaban J connectivity index is 1.14. The maximum absolute atomic E-state index is 8.89. The van der Waals surface area contributed by atoms with Crippen molar-refractivity contribution in [3.05, 3.63) is 53.5 Å². The van der Waals surface area contributed by atoms with Gasteiger partial charge in [-0.05, 0) is 55.2 Å². The van der Waals surface area contributed by atoms with Gasteiger partial charge in [-0.2, -0.15) is 10.4 Å². The van der Waals surface area contributed by atoms with Crippen molar-refractivity contribution in [3.8, 4) is 6.07 Å². The molecule has 2 aromatic rings. The molecule has 0 amide bonds. The number of nitrogens with one attached hydrogen (secondary N) is 1. The van der Waals surface area contributed by atoms with Crippen molar-refractivity contribution >= 4 is 28.9 Å². The Morgan fingerprint density at radius 3 is 2.79 bits per heavy atom. The summed E-state index contributed by atoms with van der Waals surface area (Å²) in [6.07, 6.45) is 6.53. The Kier molecular flexibility index (Phi) is 4.40. The van der Waals surface area contributed by atoms with Gasteiger partial charge in [0.2, 0.25) is 0 Å². The van der Waals surface area contributed by atoms with Crippen LogP contribution in [-0.4, -0.2) is 51.9 Å². The van der Waals surface area contributed by atoms with Crippen LogP contribution in [0.2, 0.25) is 0 Å². The number of nitriles is 1. The number of hydrogen-bond donors (Lipinski definition) is 1. The number of aromatic nitrogens is 2. The molecule has 7 nitrogen and oxygen atoms in total. The Morgan fingerprint density at radius 2 is 2.03 bits per heavy atom. The lowest BCUT2D eigenvalue weighted by molar-refractivity contribution is 0.0283. The van der Waals surface area contributed by atoms with Gasteiger partial charge < -0.3 is 9.80 Å². The summed E-state index contributed by atoms with van der Waals surface area (Å²) in [5.74, 6) is 0.934. The normalized spacial score (nSPS) is 20.4. The quantitative estimate of drug-likeness (QED) is 0.607. The summed E-state index contributed by atoms with van der Waals surface area (Å²) < 4.78 is 0. The van der Waals surface area contributed by atoms with Crippen LogP contribution in [0.5, 0.6) is 0 Å². The van der Waals surface area contributed by atoms with Crippen LogP contribution < -0.4 is 10.3 Å². The number of pyridine rings is 2. The van der Waals surface area contributed by atoms with Crippen LogP contribution in [0.3, 0.4) is 0 Å². The number of anilines is 1. The number of hydrazone groups is 1. The van der Waals surface area contributed by atoms with Crippen LogP contribution in [0.25, 0.3) is 0 Å². The van der Waals surface area contributed by atoms with Crippen molar-refractivity contribution in [3.63, 3.8) is 0 Å². The molecule has 146 valence electrons. The van der Waals surface area contributed by atoms with Gasteiger partial charge in [0.1, 0.15) is 11.9 Å². The molecular weight excluding hydrogens is 382 g/mol. The topological polar surface area (TPSA) is 80.4 Å². The molecule has 8 heteroatoms. The second-order valence-electron chi connectivity index (χ2n) is 8.07. The van der Waals surface area contributed by atoms with Crippen molar-refractivity contribution < 1.29 is 0 Å². The smallest absolute Gasteiger partial charge is 0.189 e. The molecule has 1 aliphatic carbocycles. The maximum Gasteiger partial charge on any atom is 0.189 e.